The molecule has 1 heterocycles. The molecule has 9 heteroatoms. The van der Waals surface area contributed by atoms with Gasteiger partial charge in [-0.05, 0) is 48.7 Å². The van der Waals surface area contributed by atoms with Gasteiger partial charge in [0.15, 0.2) is 6.19 Å². The molecule has 0 saturated heterocycles. The van der Waals surface area contributed by atoms with Gasteiger partial charge in [0, 0.05) is 24.5 Å². The Labute approximate surface area is 181 Å². The summed E-state index contributed by atoms with van der Waals surface area (Å²) < 4.78 is 0. The van der Waals surface area contributed by atoms with Gasteiger partial charge < -0.3 is 16.0 Å². The second kappa shape index (κ2) is 11.3. The molecular formula is C22H26N6O3. The second-order valence-electron chi connectivity index (χ2n) is 7.36. The van der Waals surface area contributed by atoms with Crippen molar-refractivity contribution in [2.45, 2.75) is 32.9 Å². The minimum Gasteiger partial charge on any atom is -0.340 e. The predicted octanol–water partition coefficient (Wildman–Crippen LogP) is 2.49. The van der Waals surface area contributed by atoms with Crippen molar-refractivity contribution in [1.29, 1.82) is 5.26 Å². The lowest BCUT2D eigenvalue weighted by atomic mass is 10.0. The van der Waals surface area contributed by atoms with E-state index in [4.69, 9.17) is 5.26 Å². The summed E-state index contributed by atoms with van der Waals surface area (Å²) in [4.78, 5) is 42.0. The fourth-order valence-electron chi connectivity index (χ4n) is 2.77. The molecule has 9 nitrogen and oxygen atoms in total. The molecule has 1 aromatic heterocycles. The lowest BCUT2D eigenvalue weighted by molar-refractivity contribution is -0.129. The number of likely N-dealkylation sites (N-methyl/N-ethyl adjacent to an activating group) is 1. The number of anilines is 1. The predicted molar refractivity (Wildman–Crippen MR) is 116 cm³/mol. The van der Waals surface area contributed by atoms with E-state index in [1.54, 1.807) is 48.8 Å². The molecule has 0 aliphatic carbocycles. The Kier molecular flexibility index (Phi) is 8.52. The third-order valence-electron chi connectivity index (χ3n) is 4.35. The van der Waals surface area contributed by atoms with E-state index in [1.807, 2.05) is 19.9 Å². The number of rotatable bonds is 8. The summed E-state index contributed by atoms with van der Waals surface area (Å²) >= 11 is 0. The van der Waals surface area contributed by atoms with E-state index in [2.05, 4.69) is 20.9 Å². The van der Waals surface area contributed by atoms with E-state index in [0.717, 1.165) is 10.6 Å². The van der Waals surface area contributed by atoms with Crippen LogP contribution in [0.1, 0.15) is 36.3 Å². The van der Waals surface area contributed by atoms with Gasteiger partial charge in [0.2, 0.25) is 0 Å². The molecule has 1 aromatic carbocycles. The van der Waals surface area contributed by atoms with Crippen molar-refractivity contribution in [3.05, 3.63) is 59.9 Å². The van der Waals surface area contributed by atoms with Crippen molar-refractivity contribution in [2.24, 2.45) is 5.92 Å². The van der Waals surface area contributed by atoms with E-state index in [-0.39, 0.29) is 12.5 Å². The third-order valence-corrected chi connectivity index (χ3v) is 4.35. The van der Waals surface area contributed by atoms with Crippen molar-refractivity contribution in [3.8, 4) is 6.19 Å². The summed E-state index contributed by atoms with van der Waals surface area (Å²) in [5, 5.41) is 17.0. The Morgan fingerprint density at radius 3 is 2.42 bits per heavy atom. The lowest BCUT2D eigenvalue weighted by Crippen LogP contribution is -2.46. The van der Waals surface area contributed by atoms with Crippen LogP contribution in [0.4, 0.5) is 10.5 Å². The van der Waals surface area contributed by atoms with Crippen LogP contribution in [-0.2, 0) is 11.3 Å². The van der Waals surface area contributed by atoms with Gasteiger partial charge in [0.1, 0.15) is 6.04 Å². The first-order valence-corrected chi connectivity index (χ1v) is 9.83. The minimum absolute atomic E-state index is 0.150. The van der Waals surface area contributed by atoms with Gasteiger partial charge >= 0.3 is 6.03 Å². The average Bonchev–Trinajstić information content (AvgIpc) is 2.77. The SMILES string of the molecule is CC(C)CC(NC(=O)c1ccc(NC(=O)NCc2ccccn2)cc1)C(=O)N(C)C#N. The summed E-state index contributed by atoms with van der Waals surface area (Å²) in [6.07, 6.45) is 3.82. The molecule has 4 amide bonds. The summed E-state index contributed by atoms with van der Waals surface area (Å²) in [5.41, 5.74) is 1.58. The van der Waals surface area contributed by atoms with Gasteiger partial charge in [-0.15, -0.1) is 0 Å². The van der Waals surface area contributed by atoms with Gasteiger partial charge in [0.25, 0.3) is 11.8 Å². The van der Waals surface area contributed by atoms with Gasteiger partial charge in [-0.2, -0.15) is 5.26 Å². The summed E-state index contributed by atoms with van der Waals surface area (Å²) in [6, 6.07) is 10.5. The smallest absolute Gasteiger partial charge is 0.319 e. The molecule has 1 atom stereocenters. The molecule has 0 radical (unpaired) electrons. The molecule has 0 fully saturated rings. The number of hydrogen-bond acceptors (Lipinski definition) is 5. The number of benzene rings is 1. The first kappa shape index (κ1) is 23.3. The number of hydrogen-bond donors (Lipinski definition) is 3. The highest BCUT2D eigenvalue weighted by Crippen LogP contribution is 2.12. The van der Waals surface area contributed by atoms with Crippen molar-refractivity contribution >= 4 is 23.5 Å². The number of aromatic nitrogens is 1. The zero-order valence-corrected chi connectivity index (χ0v) is 17.8. The maximum Gasteiger partial charge on any atom is 0.319 e. The number of carbonyl (C=O) groups is 3. The Bertz CT molecular complexity index is 938. The van der Waals surface area contributed by atoms with Crippen LogP contribution in [0.2, 0.25) is 0 Å². The third kappa shape index (κ3) is 7.44. The van der Waals surface area contributed by atoms with Crippen molar-refractivity contribution < 1.29 is 14.4 Å². The molecule has 0 saturated carbocycles. The monoisotopic (exact) mass is 422 g/mol. The maximum atomic E-state index is 12.6. The molecule has 2 rings (SSSR count). The van der Waals surface area contributed by atoms with Crippen molar-refractivity contribution in [2.75, 3.05) is 12.4 Å². The molecule has 0 spiro atoms. The Balaban J connectivity index is 1.94. The number of nitriles is 1. The number of amides is 4. The summed E-state index contributed by atoms with van der Waals surface area (Å²) in [7, 11) is 1.36. The second-order valence-corrected chi connectivity index (χ2v) is 7.36. The Morgan fingerprint density at radius 2 is 1.84 bits per heavy atom. The number of pyridine rings is 1. The van der Waals surface area contributed by atoms with E-state index in [1.165, 1.54) is 7.05 Å². The minimum atomic E-state index is -0.799. The normalized spacial score (nSPS) is 11.2. The van der Waals surface area contributed by atoms with Crippen LogP contribution in [0.15, 0.2) is 48.7 Å². The first-order chi connectivity index (χ1) is 14.8. The fraction of sp³-hybridized carbons (Fsp3) is 0.318. The number of carbonyl (C=O) groups excluding carboxylic acids is 3. The number of urea groups is 1. The van der Waals surface area contributed by atoms with Crippen molar-refractivity contribution in [1.82, 2.24) is 20.5 Å². The van der Waals surface area contributed by atoms with Crippen LogP contribution < -0.4 is 16.0 Å². The lowest BCUT2D eigenvalue weighted by Gasteiger charge is -2.21. The highest BCUT2D eigenvalue weighted by atomic mass is 16.2. The highest BCUT2D eigenvalue weighted by Gasteiger charge is 2.25. The standard InChI is InChI=1S/C22H26N6O3/c1-15(2)12-19(21(30)28(3)14-23)27-20(29)16-7-9-17(10-8-16)26-22(31)25-13-18-6-4-5-11-24-18/h4-11,15,19H,12-13H2,1-3H3,(H,27,29)(H2,25,26,31). The molecule has 0 aliphatic heterocycles. The van der Waals surface area contributed by atoms with E-state index in [9.17, 15) is 14.4 Å². The topological polar surface area (TPSA) is 127 Å². The van der Waals surface area contributed by atoms with Crippen LogP contribution in [0.3, 0.4) is 0 Å². The van der Waals surface area contributed by atoms with E-state index >= 15 is 0 Å². The molecule has 162 valence electrons. The molecule has 1 unspecified atom stereocenters. The Hall–Kier alpha value is -3.93. The molecule has 2 aromatic rings. The van der Waals surface area contributed by atoms with Crippen LogP contribution in [0.25, 0.3) is 0 Å². The van der Waals surface area contributed by atoms with Gasteiger partial charge in [-0.3, -0.25) is 19.5 Å². The van der Waals surface area contributed by atoms with Crippen LogP contribution >= 0.6 is 0 Å². The van der Waals surface area contributed by atoms with E-state index in [0.29, 0.717) is 17.7 Å². The summed E-state index contributed by atoms with van der Waals surface area (Å²) in [6.45, 7) is 4.14. The highest BCUT2D eigenvalue weighted by molar-refractivity contribution is 5.98. The summed E-state index contributed by atoms with van der Waals surface area (Å²) in [5.74, 6) is -0.749. The van der Waals surface area contributed by atoms with Gasteiger partial charge in [0.05, 0.1) is 12.2 Å². The molecule has 3 N–H and O–H groups in total. The quantitative estimate of drug-likeness (QED) is 0.445. The molecule has 0 aliphatic rings. The van der Waals surface area contributed by atoms with Gasteiger partial charge in [-0.1, -0.05) is 19.9 Å². The van der Waals surface area contributed by atoms with Crippen LogP contribution in [0.5, 0.6) is 0 Å². The zero-order chi connectivity index (χ0) is 22.8. The number of nitrogens with zero attached hydrogens (tertiary/aromatic N) is 3. The van der Waals surface area contributed by atoms with Gasteiger partial charge in [-0.25, -0.2) is 4.79 Å². The van der Waals surface area contributed by atoms with Crippen LogP contribution in [0, 0.1) is 17.4 Å². The largest absolute Gasteiger partial charge is 0.340 e. The van der Waals surface area contributed by atoms with Crippen LogP contribution in [-0.4, -0.2) is 40.8 Å². The molecule has 0 bridgehead atoms. The zero-order valence-electron chi connectivity index (χ0n) is 17.8. The molecule has 31 heavy (non-hydrogen) atoms. The first-order valence-electron chi connectivity index (χ1n) is 9.83. The average molecular weight is 422 g/mol. The molecular weight excluding hydrogens is 396 g/mol. The Morgan fingerprint density at radius 1 is 1.13 bits per heavy atom. The number of nitrogens with one attached hydrogen (secondary N) is 3. The fourth-order valence-corrected chi connectivity index (χ4v) is 2.77. The van der Waals surface area contributed by atoms with E-state index < -0.39 is 23.9 Å². The van der Waals surface area contributed by atoms with Crippen molar-refractivity contribution in [3.63, 3.8) is 0 Å². The maximum absolute atomic E-state index is 12.6.